The summed E-state index contributed by atoms with van der Waals surface area (Å²) in [6.45, 7) is 5.86. The zero-order chi connectivity index (χ0) is 18.4. The number of hydrogen-bond acceptors (Lipinski definition) is 4. The van der Waals surface area contributed by atoms with E-state index in [1.54, 1.807) is 42.2 Å². The zero-order valence-corrected chi connectivity index (χ0v) is 15.5. The summed E-state index contributed by atoms with van der Waals surface area (Å²) >= 11 is 0. The summed E-state index contributed by atoms with van der Waals surface area (Å²) in [6, 6.07) is 3.31. The molecule has 1 aromatic heterocycles. The first-order valence-electron chi connectivity index (χ1n) is 8.72. The number of nitrogens with zero attached hydrogens (tertiary/aromatic N) is 3. The monoisotopic (exact) mass is 348 g/mol. The maximum absolute atomic E-state index is 12.4. The molecule has 1 N–H and O–H groups in total. The van der Waals surface area contributed by atoms with Crippen molar-refractivity contribution in [2.75, 3.05) is 39.1 Å². The standard InChI is InChI=1S/C18H28N4O3/c1-13(2)12-25-16-8-7-15(10-19-16)20-18(24)22-9-5-6-14(11-22)17(23)21(3)4/h7-8,10,13-14H,5-6,9,11-12H2,1-4H3,(H,20,24)/t14-/m1/s1. The van der Waals surface area contributed by atoms with Crippen LogP contribution in [-0.2, 0) is 4.79 Å². The number of ether oxygens (including phenoxy) is 1. The van der Waals surface area contributed by atoms with Crippen LogP contribution < -0.4 is 10.1 Å². The van der Waals surface area contributed by atoms with Crippen LogP contribution in [0, 0.1) is 11.8 Å². The molecule has 1 saturated heterocycles. The van der Waals surface area contributed by atoms with Gasteiger partial charge in [-0.1, -0.05) is 13.8 Å². The van der Waals surface area contributed by atoms with Gasteiger partial charge in [0.15, 0.2) is 0 Å². The quantitative estimate of drug-likeness (QED) is 0.887. The number of likely N-dealkylation sites (tertiary alicyclic amines) is 1. The molecule has 1 aliphatic rings. The predicted molar refractivity (Wildman–Crippen MR) is 96.6 cm³/mol. The van der Waals surface area contributed by atoms with Crippen molar-refractivity contribution in [3.05, 3.63) is 18.3 Å². The lowest BCUT2D eigenvalue weighted by atomic mass is 9.97. The average molecular weight is 348 g/mol. The molecular formula is C18H28N4O3. The van der Waals surface area contributed by atoms with E-state index in [4.69, 9.17) is 4.74 Å². The lowest BCUT2D eigenvalue weighted by Crippen LogP contribution is -2.46. The van der Waals surface area contributed by atoms with Crippen LogP contribution in [0.3, 0.4) is 0 Å². The molecule has 0 saturated carbocycles. The summed E-state index contributed by atoms with van der Waals surface area (Å²) in [6.07, 6.45) is 3.24. The van der Waals surface area contributed by atoms with Gasteiger partial charge in [-0.15, -0.1) is 0 Å². The molecule has 1 aliphatic heterocycles. The number of nitrogens with one attached hydrogen (secondary N) is 1. The second kappa shape index (κ2) is 8.69. The van der Waals surface area contributed by atoms with E-state index in [9.17, 15) is 9.59 Å². The van der Waals surface area contributed by atoms with Gasteiger partial charge in [0.2, 0.25) is 11.8 Å². The molecule has 0 bridgehead atoms. The third-order valence-corrected chi connectivity index (χ3v) is 4.05. The Hall–Kier alpha value is -2.31. The topological polar surface area (TPSA) is 74.8 Å². The highest BCUT2D eigenvalue weighted by Gasteiger charge is 2.29. The Labute approximate surface area is 149 Å². The molecule has 2 rings (SSSR count). The Balaban J connectivity index is 1.89. The summed E-state index contributed by atoms with van der Waals surface area (Å²) < 4.78 is 5.53. The molecule has 1 atom stereocenters. The fourth-order valence-electron chi connectivity index (χ4n) is 2.72. The van der Waals surface area contributed by atoms with E-state index in [0.29, 0.717) is 37.2 Å². The molecule has 25 heavy (non-hydrogen) atoms. The third kappa shape index (κ3) is 5.62. The number of rotatable bonds is 5. The summed E-state index contributed by atoms with van der Waals surface area (Å²) in [5.74, 6) is 0.921. The van der Waals surface area contributed by atoms with Crippen molar-refractivity contribution in [3.63, 3.8) is 0 Å². The minimum Gasteiger partial charge on any atom is -0.477 e. The molecule has 1 aromatic rings. The van der Waals surface area contributed by atoms with E-state index in [1.807, 2.05) is 0 Å². The first-order chi connectivity index (χ1) is 11.9. The average Bonchev–Trinajstić information content (AvgIpc) is 2.60. The van der Waals surface area contributed by atoms with Gasteiger partial charge < -0.3 is 19.9 Å². The highest BCUT2D eigenvalue weighted by Crippen LogP contribution is 2.20. The number of carbonyl (C=O) groups is 2. The number of carbonyl (C=O) groups excluding carboxylic acids is 2. The van der Waals surface area contributed by atoms with Crippen molar-refractivity contribution >= 4 is 17.6 Å². The molecule has 0 radical (unpaired) electrons. The van der Waals surface area contributed by atoms with E-state index in [0.717, 1.165) is 12.8 Å². The van der Waals surface area contributed by atoms with Gasteiger partial charge in [0.25, 0.3) is 0 Å². The van der Waals surface area contributed by atoms with Crippen molar-refractivity contribution in [1.82, 2.24) is 14.8 Å². The second-order valence-electron chi connectivity index (χ2n) is 7.04. The van der Waals surface area contributed by atoms with E-state index >= 15 is 0 Å². The summed E-state index contributed by atoms with van der Waals surface area (Å²) in [7, 11) is 3.49. The molecule has 0 aliphatic carbocycles. The van der Waals surface area contributed by atoms with Crippen molar-refractivity contribution in [2.45, 2.75) is 26.7 Å². The lowest BCUT2D eigenvalue weighted by molar-refractivity contribution is -0.134. The van der Waals surface area contributed by atoms with E-state index < -0.39 is 0 Å². The van der Waals surface area contributed by atoms with Gasteiger partial charge in [0.1, 0.15) is 0 Å². The molecule has 2 heterocycles. The van der Waals surface area contributed by atoms with Crippen molar-refractivity contribution in [1.29, 1.82) is 0 Å². The molecule has 0 spiro atoms. The number of aromatic nitrogens is 1. The van der Waals surface area contributed by atoms with Gasteiger partial charge in [-0.3, -0.25) is 4.79 Å². The number of pyridine rings is 1. The molecule has 7 nitrogen and oxygen atoms in total. The van der Waals surface area contributed by atoms with E-state index in [-0.39, 0.29) is 17.9 Å². The Morgan fingerprint density at radius 3 is 2.76 bits per heavy atom. The van der Waals surface area contributed by atoms with Crippen LogP contribution in [0.15, 0.2) is 18.3 Å². The number of hydrogen-bond donors (Lipinski definition) is 1. The molecule has 0 aromatic carbocycles. The Morgan fingerprint density at radius 2 is 2.16 bits per heavy atom. The normalized spacial score (nSPS) is 17.3. The van der Waals surface area contributed by atoms with Crippen LogP contribution >= 0.6 is 0 Å². The van der Waals surface area contributed by atoms with E-state index in [1.165, 1.54) is 0 Å². The minimum atomic E-state index is -0.200. The van der Waals surface area contributed by atoms with Gasteiger partial charge in [-0.05, 0) is 24.8 Å². The molecule has 3 amide bonds. The second-order valence-corrected chi connectivity index (χ2v) is 7.04. The predicted octanol–water partition coefficient (Wildman–Crippen LogP) is 2.45. The van der Waals surface area contributed by atoms with Crippen LogP contribution in [0.2, 0.25) is 0 Å². The van der Waals surface area contributed by atoms with Gasteiger partial charge in [0, 0.05) is 33.3 Å². The van der Waals surface area contributed by atoms with Crippen molar-refractivity contribution < 1.29 is 14.3 Å². The smallest absolute Gasteiger partial charge is 0.321 e. The Kier molecular flexibility index (Phi) is 6.61. The minimum absolute atomic E-state index is 0.0748. The highest BCUT2D eigenvalue weighted by molar-refractivity contribution is 5.90. The van der Waals surface area contributed by atoms with Crippen LogP contribution in [-0.4, -0.2) is 60.5 Å². The summed E-state index contributed by atoms with van der Waals surface area (Å²) in [5.41, 5.74) is 0.614. The number of anilines is 1. The Bertz CT molecular complexity index is 586. The van der Waals surface area contributed by atoms with Gasteiger partial charge >= 0.3 is 6.03 Å². The Morgan fingerprint density at radius 1 is 1.40 bits per heavy atom. The summed E-state index contributed by atoms with van der Waals surface area (Å²) in [5, 5.41) is 2.84. The summed E-state index contributed by atoms with van der Waals surface area (Å²) in [4.78, 5) is 32.0. The first kappa shape index (κ1) is 19.0. The van der Waals surface area contributed by atoms with Crippen molar-refractivity contribution in [3.8, 4) is 5.88 Å². The van der Waals surface area contributed by atoms with Crippen LogP contribution in [0.25, 0.3) is 0 Å². The fraction of sp³-hybridized carbons (Fsp3) is 0.611. The maximum atomic E-state index is 12.4. The largest absolute Gasteiger partial charge is 0.477 e. The molecule has 0 unspecified atom stereocenters. The van der Waals surface area contributed by atoms with Crippen LogP contribution in [0.5, 0.6) is 5.88 Å². The molecule has 7 heteroatoms. The van der Waals surface area contributed by atoms with E-state index in [2.05, 4.69) is 24.1 Å². The highest BCUT2D eigenvalue weighted by atomic mass is 16.5. The van der Waals surface area contributed by atoms with Crippen LogP contribution in [0.1, 0.15) is 26.7 Å². The fourth-order valence-corrected chi connectivity index (χ4v) is 2.72. The SMILES string of the molecule is CC(C)COc1ccc(NC(=O)N2CCC[C@@H](C(=O)N(C)C)C2)cn1. The lowest BCUT2D eigenvalue weighted by Gasteiger charge is -2.33. The zero-order valence-electron chi connectivity index (χ0n) is 15.5. The van der Waals surface area contributed by atoms with Crippen molar-refractivity contribution in [2.24, 2.45) is 11.8 Å². The van der Waals surface area contributed by atoms with Gasteiger partial charge in [-0.2, -0.15) is 0 Å². The molecule has 1 fully saturated rings. The number of piperidine rings is 1. The maximum Gasteiger partial charge on any atom is 0.321 e. The first-order valence-corrected chi connectivity index (χ1v) is 8.72. The number of urea groups is 1. The third-order valence-electron chi connectivity index (χ3n) is 4.05. The van der Waals surface area contributed by atoms with Gasteiger partial charge in [-0.25, -0.2) is 9.78 Å². The molecular weight excluding hydrogens is 320 g/mol. The van der Waals surface area contributed by atoms with Crippen LogP contribution in [0.4, 0.5) is 10.5 Å². The number of amides is 3. The van der Waals surface area contributed by atoms with Gasteiger partial charge in [0.05, 0.1) is 24.4 Å². The molecule has 138 valence electrons.